The van der Waals surface area contributed by atoms with E-state index in [4.69, 9.17) is 5.11 Å². The maximum Gasteiger partial charge on any atom is 0.185 e. The number of thioether (sulfide) groups is 1. The van der Waals surface area contributed by atoms with Crippen LogP contribution in [0.25, 0.3) is 0 Å². The SMILES string of the molecule is CC(=O)SCCC#Cc1cc(F)ccc1CO. The van der Waals surface area contributed by atoms with Crippen LogP contribution in [0.5, 0.6) is 0 Å². The predicted octanol–water partition coefficient (Wildman–Crippen LogP) is 2.34. The lowest BCUT2D eigenvalue weighted by Crippen LogP contribution is -1.91. The molecule has 2 nitrogen and oxygen atoms in total. The fourth-order valence-corrected chi connectivity index (χ4v) is 1.70. The Labute approximate surface area is 104 Å². The van der Waals surface area contributed by atoms with E-state index in [1.54, 1.807) is 0 Å². The summed E-state index contributed by atoms with van der Waals surface area (Å²) in [7, 11) is 0. The maximum absolute atomic E-state index is 13.0. The zero-order valence-corrected chi connectivity index (χ0v) is 10.3. The highest BCUT2D eigenvalue weighted by Gasteiger charge is 2.00. The summed E-state index contributed by atoms with van der Waals surface area (Å²) in [5, 5.41) is 9.11. The van der Waals surface area contributed by atoms with Crippen molar-refractivity contribution in [3.8, 4) is 11.8 Å². The third-order valence-corrected chi connectivity index (χ3v) is 2.81. The molecule has 0 aliphatic carbocycles. The molecule has 0 unspecified atom stereocenters. The highest BCUT2D eigenvalue weighted by molar-refractivity contribution is 8.13. The van der Waals surface area contributed by atoms with Gasteiger partial charge in [0.1, 0.15) is 5.82 Å². The first-order valence-corrected chi connectivity index (χ1v) is 6.13. The molecule has 4 heteroatoms. The number of aliphatic hydroxyl groups excluding tert-OH is 1. The summed E-state index contributed by atoms with van der Waals surface area (Å²) in [4.78, 5) is 10.7. The zero-order chi connectivity index (χ0) is 12.7. The minimum atomic E-state index is -0.371. The maximum atomic E-state index is 13.0. The van der Waals surface area contributed by atoms with Crippen molar-refractivity contribution in [1.82, 2.24) is 0 Å². The van der Waals surface area contributed by atoms with E-state index in [2.05, 4.69) is 11.8 Å². The van der Waals surface area contributed by atoms with E-state index in [-0.39, 0.29) is 17.5 Å². The van der Waals surface area contributed by atoms with Crippen molar-refractivity contribution >= 4 is 16.9 Å². The molecule has 0 aromatic heterocycles. The van der Waals surface area contributed by atoms with Gasteiger partial charge in [-0.3, -0.25) is 4.79 Å². The van der Waals surface area contributed by atoms with Crippen LogP contribution in [-0.4, -0.2) is 16.0 Å². The number of hydrogen-bond donors (Lipinski definition) is 1. The van der Waals surface area contributed by atoms with Gasteiger partial charge in [0, 0.05) is 24.7 Å². The highest BCUT2D eigenvalue weighted by Crippen LogP contribution is 2.10. The van der Waals surface area contributed by atoms with Gasteiger partial charge in [-0.05, 0) is 17.7 Å². The second kappa shape index (κ2) is 7.10. The van der Waals surface area contributed by atoms with Crippen LogP contribution in [0.1, 0.15) is 24.5 Å². The van der Waals surface area contributed by atoms with E-state index in [1.165, 1.54) is 36.9 Å². The average molecular weight is 252 g/mol. The molecule has 1 N–H and O–H groups in total. The van der Waals surface area contributed by atoms with Crippen molar-refractivity contribution in [2.75, 3.05) is 5.75 Å². The van der Waals surface area contributed by atoms with E-state index in [1.807, 2.05) is 0 Å². The van der Waals surface area contributed by atoms with Gasteiger partial charge in [-0.25, -0.2) is 4.39 Å². The smallest absolute Gasteiger partial charge is 0.185 e. The third kappa shape index (κ3) is 5.03. The van der Waals surface area contributed by atoms with Crippen molar-refractivity contribution in [2.45, 2.75) is 20.0 Å². The van der Waals surface area contributed by atoms with Gasteiger partial charge < -0.3 is 5.11 Å². The van der Waals surface area contributed by atoms with Crippen LogP contribution in [0.2, 0.25) is 0 Å². The van der Waals surface area contributed by atoms with Crippen LogP contribution in [0.15, 0.2) is 18.2 Å². The number of hydrogen-bond acceptors (Lipinski definition) is 3. The van der Waals surface area contributed by atoms with Gasteiger partial charge in [0.15, 0.2) is 5.12 Å². The Kier molecular flexibility index (Phi) is 5.75. The summed E-state index contributed by atoms with van der Waals surface area (Å²) >= 11 is 1.21. The van der Waals surface area contributed by atoms with Crippen molar-refractivity contribution in [3.05, 3.63) is 35.1 Å². The first-order chi connectivity index (χ1) is 8.13. The topological polar surface area (TPSA) is 37.3 Å². The van der Waals surface area contributed by atoms with Crippen LogP contribution in [0.3, 0.4) is 0 Å². The molecule has 0 amide bonds. The molecule has 0 saturated carbocycles. The van der Waals surface area contributed by atoms with Crippen molar-refractivity contribution in [1.29, 1.82) is 0 Å². The number of aliphatic hydroxyl groups is 1. The molecule has 0 aliphatic heterocycles. The number of rotatable bonds is 3. The van der Waals surface area contributed by atoms with Gasteiger partial charge in [0.25, 0.3) is 0 Å². The van der Waals surface area contributed by atoms with Crippen molar-refractivity contribution in [2.24, 2.45) is 0 Å². The summed E-state index contributed by atoms with van der Waals surface area (Å²) in [5.41, 5.74) is 1.11. The number of halogens is 1. The Morgan fingerprint density at radius 1 is 1.53 bits per heavy atom. The first kappa shape index (κ1) is 13.8. The van der Waals surface area contributed by atoms with Crippen LogP contribution in [-0.2, 0) is 11.4 Å². The molecule has 0 aliphatic rings. The lowest BCUT2D eigenvalue weighted by molar-refractivity contribution is -0.109. The monoisotopic (exact) mass is 252 g/mol. The summed E-state index contributed by atoms with van der Waals surface area (Å²) < 4.78 is 13.0. The fraction of sp³-hybridized carbons (Fsp3) is 0.308. The van der Waals surface area contributed by atoms with E-state index >= 15 is 0 Å². The second-order valence-electron chi connectivity index (χ2n) is 3.35. The molecule has 0 fully saturated rings. The summed E-state index contributed by atoms with van der Waals surface area (Å²) in [5.74, 6) is 5.92. The molecule has 90 valence electrons. The molecule has 1 aromatic carbocycles. The van der Waals surface area contributed by atoms with E-state index in [0.29, 0.717) is 23.3 Å². The normalized spacial score (nSPS) is 9.59. The quantitative estimate of drug-likeness (QED) is 0.662. The molecule has 0 bridgehead atoms. The lowest BCUT2D eigenvalue weighted by atomic mass is 10.1. The first-order valence-electron chi connectivity index (χ1n) is 5.15. The van der Waals surface area contributed by atoms with E-state index in [0.717, 1.165) is 0 Å². The Balaban J connectivity index is 2.64. The molecule has 0 heterocycles. The van der Waals surface area contributed by atoms with E-state index in [9.17, 15) is 9.18 Å². The third-order valence-electron chi connectivity index (χ3n) is 2.00. The lowest BCUT2D eigenvalue weighted by Gasteiger charge is -1.99. The Morgan fingerprint density at radius 2 is 2.29 bits per heavy atom. The van der Waals surface area contributed by atoms with Gasteiger partial charge in [0.05, 0.1) is 6.61 Å². The Bertz CT molecular complexity index is 460. The molecule has 1 aromatic rings. The molecule has 0 spiro atoms. The van der Waals surface area contributed by atoms with Crippen LogP contribution in [0.4, 0.5) is 4.39 Å². The van der Waals surface area contributed by atoms with Crippen LogP contribution < -0.4 is 0 Å². The number of carbonyl (C=O) groups excluding carboxylic acids is 1. The van der Waals surface area contributed by atoms with Gasteiger partial charge in [-0.15, -0.1) is 0 Å². The van der Waals surface area contributed by atoms with Crippen LogP contribution >= 0.6 is 11.8 Å². The molecular weight excluding hydrogens is 239 g/mol. The minimum absolute atomic E-state index is 0.0635. The number of benzene rings is 1. The molecule has 0 saturated heterocycles. The minimum Gasteiger partial charge on any atom is -0.392 e. The second-order valence-corrected chi connectivity index (χ2v) is 4.62. The van der Waals surface area contributed by atoms with Gasteiger partial charge in [-0.2, -0.15) is 0 Å². The molecule has 17 heavy (non-hydrogen) atoms. The Morgan fingerprint density at radius 3 is 2.94 bits per heavy atom. The zero-order valence-electron chi connectivity index (χ0n) is 9.50. The molecule has 1 rings (SSSR count). The summed E-state index contributed by atoms with van der Waals surface area (Å²) in [6.07, 6.45) is 0.561. The fourth-order valence-electron chi connectivity index (χ4n) is 1.21. The molecular formula is C13H13FO2S. The van der Waals surface area contributed by atoms with Gasteiger partial charge >= 0.3 is 0 Å². The summed E-state index contributed by atoms with van der Waals surface area (Å²) in [6.45, 7) is 1.35. The van der Waals surface area contributed by atoms with Crippen LogP contribution in [0, 0.1) is 17.7 Å². The Hall–Kier alpha value is -1.31. The van der Waals surface area contributed by atoms with E-state index < -0.39 is 0 Å². The average Bonchev–Trinajstić information content (AvgIpc) is 2.28. The molecule has 0 atom stereocenters. The van der Waals surface area contributed by atoms with Crippen molar-refractivity contribution in [3.63, 3.8) is 0 Å². The number of carbonyl (C=O) groups is 1. The predicted molar refractivity (Wildman–Crippen MR) is 67.0 cm³/mol. The summed E-state index contributed by atoms with van der Waals surface area (Å²) in [6, 6.07) is 4.11. The highest BCUT2D eigenvalue weighted by atomic mass is 32.2. The largest absolute Gasteiger partial charge is 0.392 e. The van der Waals surface area contributed by atoms with Gasteiger partial charge in [0.2, 0.25) is 0 Å². The standard InChI is InChI=1S/C13H13FO2S/c1-10(16)17-7-3-2-4-11-8-13(14)6-5-12(11)9-15/h5-6,8,15H,3,7,9H2,1H3. The van der Waals surface area contributed by atoms with Gasteiger partial charge in [-0.1, -0.05) is 29.7 Å². The molecule has 0 radical (unpaired) electrons. The van der Waals surface area contributed by atoms with Crippen molar-refractivity contribution < 1.29 is 14.3 Å².